The van der Waals surface area contributed by atoms with Crippen LogP contribution in [0.15, 0.2) is 40.8 Å². The molecule has 0 saturated carbocycles. The summed E-state index contributed by atoms with van der Waals surface area (Å²) in [7, 11) is 1.08. The number of oxazole rings is 1. The fourth-order valence-corrected chi connectivity index (χ4v) is 2.50. The van der Waals surface area contributed by atoms with Crippen LogP contribution in [-0.4, -0.2) is 24.1 Å². The van der Waals surface area contributed by atoms with E-state index in [2.05, 4.69) is 4.98 Å². The van der Waals surface area contributed by atoms with Gasteiger partial charge in [-0.05, 0) is 43.7 Å². The molecule has 0 N–H and O–H groups in total. The Bertz CT molecular complexity index is 943. The number of rotatable bonds is 2. The van der Waals surface area contributed by atoms with Gasteiger partial charge in [-0.3, -0.25) is 4.79 Å². The van der Waals surface area contributed by atoms with E-state index in [1.807, 2.05) is 31.2 Å². The predicted molar refractivity (Wildman–Crippen MR) is 88.4 cm³/mol. The van der Waals surface area contributed by atoms with Crippen molar-refractivity contribution < 1.29 is 22.4 Å². The Morgan fingerprint density at radius 1 is 1.12 bits per heavy atom. The molecular weight excluding hydrogens is 333 g/mol. The van der Waals surface area contributed by atoms with Crippen LogP contribution in [0.25, 0.3) is 22.6 Å². The summed E-state index contributed by atoms with van der Waals surface area (Å²) >= 11 is 0. The maximum atomic E-state index is 12.6. The molecule has 0 radical (unpaired) electrons. The highest BCUT2D eigenvalue weighted by Crippen LogP contribution is 2.31. The zero-order valence-electron chi connectivity index (χ0n) is 13.8. The quantitative estimate of drug-likeness (QED) is 0.678. The molecule has 0 unspecified atom stereocenters. The van der Waals surface area contributed by atoms with E-state index in [1.54, 1.807) is 6.92 Å². The minimum atomic E-state index is -4.94. The molecule has 3 aromatic rings. The molecule has 0 aliphatic carbocycles. The van der Waals surface area contributed by atoms with Crippen molar-refractivity contribution >= 4 is 22.7 Å². The SMILES string of the molecule is Cc1ccc(-c2nc3cc(N(C)C(=O)C(F)(F)F)cc(C)c3o2)cc1. The lowest BCUT2D eigenvalue weighted by Gasteiger charge is -2.19. The highest BCUT2D eigenvalue weighted by atomic mass is 19.4. The van der Waals surface area contributed by atoms with Crippen LogP contribution in [0.5, 0.6) is 0 Å². The number of amides is 1. The molecule has 2 aromatic carbocycles. The number of alkyl halides is 3. The van der Waals surface area contributed by atoms with Crippen molar-refractivity contribution in [2.24, 2.45) is 0 Å². The Kier molecular flexibility index (Phi) is 4.02. The number of carbonyl (C=O) groups excluding carboxylic acids is 1. The first-order valence-electron chi connectivity index (χ1n) is 7.50. The lowest BCUT2D eigenvalue weighted by Crippen LogP contribution is -2.38. The van der Waals surface area contributed by atoms with Crippen molar-refractivity contribution in [2.75, 3.05) is 11.9 Å². The molecule has 1 heterocycles. The number of hydrogen-bond donors (Lipinski definition) is 0. The van der Waals surface area contributed by atoms with Gasteiger partial charge in [-0.1, -0.05) is 17.7 Å². The van der Waals surface area contributed by atoms with E-state index in [0.717, 1.165) is 18.2 Å². The molecule has 1 aromatic heterocycles. The van der Waals surface area contributed by atoms with Gasteiger partial charge in [0.15, 0.2) is 5.58 Å². The number of nitrogens with zero attached hydrogens (tertiary/aromatic N) is 2. The van der Waals surface area contributed by atoms with Crippen molar-refractivity contribution in [3.8, 4) is 11.5 Å². The topological polar surface area (TPSA) is 46.3 Å². The maximum absolute atomic E-state index is 12.6. The van der Waals surface area contributed by atoms with E-state index >= 15 is 0 Å². The summed E-state index contributed by atoms with van der Waals surface area (Å²) in [6.45, 7) is 3.65. The number of anilines is 1. The van der Waals surface area contributed by atoms with Gasteiger partial charge in [0.2, 0.25) is 5.89 Å². The third kappa shape index (κ3) is 3.22. The molecule has 3 rings (SSSR count). The van der Waals surface area contributed by atoms with Crippen LogP contribution in [0.1, 0.15) is 11.1 Å². The first kappa shape index (κ1) is 17.0. The van der Waals surface area contributed by atoms with Crippen LogP contribution >= 0.6 is 0 Å². The van der Waals surface area contributed by atoms with Crippen molar-refractivity contribution in [3.05, 3.63) is 47.5 Å². The van der Waals surface area contributed by atoms with Gasteiger partial charge in [-0.2, -0.15) is 13.2 Å². The smallest absolute Gasteiger partial charge is 0.436 e. The third-order valence-electron chi connectivity index (χ3n) is 3.89. The first-order chi connectivity index (χ1) is 11.7. The van der Waals surface area contributed by atoms with E-state index in [-0.39, 0.29) is 5.69 Å². The molecule has 1 amide bonds. The average molecular weight is 348 g/mol. The zero-order chi connectivity index (χ0) is 18.4. The van der Waals surface area contributed by atoms with Gasteiger partial charge in [0, 0.05) is 18.3 Å². The largest absolute Gasteiger partial charge is 0.471 e. The number of benzene rings is 2. The lowest BCUT2D eigenvalue weighted by atomic mass is 10.1. The number of fused-ring (bicyclic) bond motifs is 1. The van der Waals surface area contributed by atoms with E-state index in [9.17, 15) is 18.0 Å². The second-order valence-corrected chi connectivity index (χ2v) is 5.86. The highest BCUT2D eigenvalue weighted by Gasteiger charge is 2.41. The van der Waals surface area contributed by atoms with Gasteiger partial charge in [0.1, 0.15) is 5.52 Å². The highest BCUT2D eigenvalue weighted by molar-refractivity contribution is 5.98. The van der Waals surface area contributed by atoms with Crippen LogP contribution in [-0.2, 0) is 4.79 Å². The summed E-state index contributed by atoms with van der Waals surface area (Å²) in [5, 5.41) is 0. The summed E-state index contributed by atoms with van der Waals surface area (Å²) in [5.74, 6) is -1.56. The van der Waals surface area contributed by atoms with Crippen LogP contribution in [0.4, 0.5) is 18.9 Å². The Hall–Kier alpha value is -2.83. The molecule has 0 aliphatic heterocycles. The molecule has 0 saturated heterocycles. The normalized spacial score (nSPS) is 11.8. The summed E-state index contributed by atoms with van der Waals surface area (Å²) in [5.41, 5.74) is 3.43. The molecule has 0 spiro atoms. The number of carbonyl (C=O) groups is 1. The Balaban J connectivity index is 2.05. The fourth-order valence-electron chi connectivity index (χ4n) is 2.50. The molecule has 0 bridgehead atoms. The third-order valence-corrected chi connectivity index (χ3v) is 3.89. The van der Waals surface area contributed by atoms with Gasteiger partial charge in [-0.15, -0.1) is 0 Å². The Morgan fingerprint density at radius 3 is 2.36 bits per heavy atom. The van der Waals surface area contributed by atoms with Gasteiger partial charge >= 0.3 is 12.1 Å². The van der Waals surface area contributed by atoms with Crippen LogP contribution in [0.3, 0.4) is 0 Å². The first-order valence-corrected chi connectivity index (χ1v) is 7.50. The molecule has 7 heteroatoms. The minimum Gasteiger partial charge on any atom is -0.436 e. The van der Waals surface area contributed by atoms with Gasteiger partial charge in [0.05, 0.1) is 0 Å². The van der Waals surface area contributed by atoms with E-state index in [0.29, 0.717) is 27.5 Å². The second kappa shape index (κ2) is 5.91. The maximum Gasteiger partial charge on any atom is 0.471 e. The van der Waals surface area contributed by atoms with Crippen molar-refractivity contribution in [3.63, 3.8) is 0 Å². The summed E-state index contributed by atoms with van der Waals surface area (Å²) < 4.78 is 43.6. The molecule has 130 valence electrons. The number of aryl methyl sites for hydroxylation is 2. The van der Waals surface area contributed by atoms with Crippen molar-refractivity contribution in [2.45, 2.75) is 20.0 Å². The lowest BCUT2D eigenvalue weighted by molar-refractivity contribution is -0.170. The Morgan fingerprint density at radius 2 is 1.76 bits per heavy atom. The molecule has 0 fully saturated rings. The number of hydrogen-bond acceptors (Lipinski definition) is 3. The van der Waals surface area contributed by atoms with E-state index in [1.165, 1.54) is 12.1 Å². The number of aromatic nitrogens is 1. The van der Waals surface area contributed by atoms with Gasteiger partial charge in [-0.25, -0.2) is 4.98 Å². The summed E-state index contributed by atoms with van der Waals surface area (Å²) in [6.07, 6.45) is -4.94. The van der Waals surface area contributed by atoms with E-state index in [4.69, 9.17) is 4.42 Å². The predicted octanol–water partition coefficient (Wildman–Crippen LogP) is 4.64. The molecule has 0 atom stereocenters. The van der Waals surface area contributed by atoms with E-state index < -0.39 is 12.1 Å². The molecule has 4 nitrogen and oxygen atoms in total. The van der Waals surface area contributed by atoms with Gasteiger partial charge in [0.25, 0.3) is 0 Å². The fraction of sp³-hybridized carbons (Fsp3) is 0.222. The monoisotopic (exact) mass is 348 g/mol. The summed E-state index contributed by atoms with van der Waals surface area (Å²) in [6, 6.07) is 10.4. The summed E-state index contributed by atoms with van der Waals surface area (Å²) in [4.78, 5) is 16.3. The van der Waals surface area contributed by atoms with Crippen LogP contribution in [0.2, 0.25) is 0 Å². The standard InChI is InChI=1S/C18H15F3N2O2/c1-10-4-6-12(7-5-10)16-22-14-9-13(8-11(2)15(14)25-16)23(3)17(24)18(19,20)21/h4-9H,1-3H3. The Labute approximate surface area is 141 Å². The molecular formula is C18H15F3N2O2. The zero-order valence-corrected chi connectivity index (χ0v) is 13.8. The molecule has 0 aliphatic rings. The van der Waals surface area contributed by atoms with Gasteiger partial charge < -0.3 is 9.32 Å². The second-order valence-electron chi connectivity index (χ2n) is 5.86. The van der Waals surface area contributed by atoms with Crippen molar-refractivity contribution in [1.29, 1.82) is 0 Å². The van der Waals surface area contributed by atoms with Crippen LogP contribution < -0.4 is 4.90 Å². The average Bonchev–Trinajstić information content (AvgIpc) is 2.98. The number of halogens is 3. The molecule has 25 heavy (non-hydrogen) atoms. The minimum absolute atomic E-state index is 0.107. The van der Waals surface area contributed by atoms with Crippen molar-refractivity contribution in [1.82, 2.24) is 4.98 Å². The van der Waals surface area contributed by atoms with Crippen LogP contribution in [0, 0.1) is 13.8 Å².